The summed E-state index contributed by atoms with van der Waals surface area (Å²) >= 11 is 1.76. The molecule has 0 aromatic carbocycles. The minimum absolute atomic E-state index is 0.478. The number of rotatable bonds is 5. The van der Waals surface area contributed by atoms with Crippen molar-refractivity contribution in [3.63, 3.8) is 0 Å². The fourth-order valence-corrected chi connectivity index (χ4v) is 2.09. The van der Waals surface area contributed by atoms with Crippen LogP contribution >= 0.6 is 11.3 Å². The van der Waals surface area contributed by atoms with E-state index in [1.807, 2.05) is 0 Å². The maximum atomic E-state index is 3.48. The molecule has 1 atom stereocenters. The Labute approximate surface area is 84.6 Å². The van der Waals surface area contributed by atoms with Crippen molar-refractivity contribution in [1.29, 1.82) is 0 Å². The number of nitrogens with zero attached hydrogens (tertiary/aromatic N) is 1. The SMILES string of the molecule is CCNC(CN(C)C)c1ccsc1. The van der Waals surface area contributed by atoms with Gasteiger partial charge in [0.15, 0.2) is 0 Å². The lowest BCUT2D eigenvalue weighted by Crippen LogP contribution is -2.30. The minimum Gasteiger partial charge on any atom is -0.309 e. The highest BCUT2D eigenvalue weighted by Crippen LogP contribution is 2.16. The molecule has 1 aromatic heterocycles. The minimum atomic E-state index is 0.478. The molecule has 0 bridgehead atoms. The lowest BCUT2D eigenvalue weighted by Gasteiger charge is -2.20. The predicted octanol–water partition coefficient (Wildman–Crippen LogP) is 1.96. The second-order valence-corrected chi connectivity index (χ2v) is 4.21. The van der Waals surface area contributed by atoms with Crippen LogP contribution in [0.3, 0.4) is 0 Å². The van der Waals surface area contributed by atoms with E-state index in [0.29, 0.717) is 6.04 Å². The molecule has 1 rings (SSSR count). The van der Waals surface area contributed by atoms with Gasteiger partial charge in [-0.2, -0.15) is 11.3 Å². The van der Waals surface area contributed by atoms with Gasteiger partial charge >= 0.3 is 0 Å². The summed E-state index contributed by atoms with van der Waals surface area (Å²) in [6.45, 7) is 4.23. The zero-order valence-electron chi connectivity index (χ0n) is 8.58. The first-order valence-electron chi connectivity index (χ1n) is 4.64. The number of likely N-dealkylation sites (N-methyl/N-ethyl adjacent to an activating group) is 2. The topological polar surface area (TPSA) is 15.3 Å². The van der Waals surface area contributed by atoms with Crippen LogP contribution in [0.2, 0.25) is 0 Å². The van der Waals surface area contributed by atoms with Crippen LogP contribution in [0.15, 0.2) is 16.8 Å². The van der Waals surface area contributed by atoms with Crippen LogP contribution in [-0.4, -0.2) is 32.1 Å². The van der Waals surface area contributed by atoms with E-state index in [4.69, 9.17) is 0 Å². The average Bonchev–Trinajstić information content (AvgIpc) is 2.54. The summed E-state index contributed by atoms with van der Waals surface area (Å²) in [6, 6.07) is 2.67. The predicted molar refractivity (Wildman–Crippen MR) is 59.3 cm³/mol. The molecule has 3 heteroatoms. The summed E-state index contributed by atoms with van der Waals surface area (Å²) in [6.07, 6.45) is 0. The summed E-state index contributed by atoms with van der Waals surface area (Å²) in [7, 11) is 4.22. The average molecular weight is 198 g/mol. The molecule has 0 aliphatic rings. The summed E-state index contributed by atoms with van der Waals surface area (Å²) in [4.78, 5) is 2.21. The molecular formula is C10H18N2S. The van der Waals surface area contributed by atoms with Crippen LogP contribution < -0.4 is 5.32 Å². The van der Waals surface area contributed by atoms with Crippen LogP contribution in [0.4, 0.5) is 0 Å². The van der Waals surface area contributed by atoms with Crippen LogP contribution in [0.25, 0.3) is 0 Å². The lowest BCUT2D eigenvalue weighted by molar-refractivity contribution is 0.345. The van der Waals surface area contributed by atoms with E-state index in [-0.39, 0.29) is 0 Å². The molecule has 0 saturated carbocycles. The van der Waals surface area contributed by atoms with Gasteiger partial charge in [0.25, 0.3) is 0 Å². The fraction of sp³-hybridized carbons (Fsp3) is 0.600. The molecule has 0 saturated heterocycles. The van der Waals surface area contributed by atoms with Crippen molar-refractivity contribution in [3.8, 4) is 0 Å². The third-order valence-electron chi connectivity index (χ3n) is 1.94. The molecule has 1 aromatic rings. The van der Waals surface area contributed by atoms with Crippen LogP contribution in [0, 0.1) is 0 Å². The van der Waals surface area contributed by atoms with Gasteiger partial charge in [0.05, 0.1) is 0 Å². The van der Waals surface area contributed by atoms with E-state index in [1.165, 1.54) is 5.56 Å². The smallest absolute Gasteiger partial charge is 0.0457 e. The molecule has 0 radical (unpaired) electrons. The Kier molecular flexibility index (Phi) is 4.42. The van der Waals surface area contributed by atoms with Gasteiger partial charge in [0, 0.05) is 12.6 Å². The maximum absolute atomic E-state index is 3.48. The van der Waals surface area contributed by atoms with Gasteiger partial charge in [0.2, 0.25) is 0 Å². The van der Waals surface area contributed by atoms with Gasteiger partial charge in [-0.25, -0.2) is 0 Å². The third-order valence-corrected chi connectivity index (χ3v) is 2.65. The van der Waals surface area contributed by atoms with E-state index in [0.717, 1.165) is 13.1 Å². The van der Waals surface area contributed by atoms with Crippen LogP contribution in [0.5, 0.6) is 0 Å². The van der Waals surface area contributed by atoms with Gasteiger partial charge < -0.3 is 10.2 Å². The van der Waals surface area contributed by atoms with Crippen molar-refractivity contribution in [2.75, 3.05) is 27.2 Å². The first-order chi connectivity index (χ1) is 6.24. The fourth-order valence-electron chi connectivity index (χ4n) is 1.37. The van der Waals surface area contributed by atoms with Gasteiger partial charge in [-0.05, 0) is 43.0 Å². The van der Waals surface area contributed by atoms with E-state index in [2.05, 4.69) is 48.1 Å². The molecular weight excluding hydrogens is 180 g/mol. The summed E-state index contributed by atoms with van der Waals surface area (Å²) in [5.74, 6) is 0. The number of hydrogen-bond donors (Lipinski definition) is 1. The van der Waals surface area contributed by atoms with Crippen molar-refractivity contribution < 1.29 is 0 Å². The Morgan fingerprint density at radius 2 is 2.31 bits per heavy atom. The largest absolute Gasteiger partial charge is 0.309 e. The first kappa shape index (κ1) is 10.7. The molecule has 2 nitrogen and oxygen atoms in total. The van der Waals surface area contributed by atoms with E-state index < -0.39 is 0 Å². The standard InChI is InChI=1S/C10H18N2S/c1-4-11-10(7-12(2)3)9-5-6-13-8-9/h5-6,8,10-11H,4,7H2,1-3H3. The van der Waals surface area contributed by atoms with Gasteiger partial charge in [0.1, 0.15) is 0 Å². The highest BCUT2D eigenvalue weighted by atomic mass is 32.1. The zero-order valence-corrected chi connectivity index (χ0v) is 9.40. The van der Waals surface area contributed by atoms with E-state index >= 15 is 0 Å². The Morgan fingerprint density at radius 1 is 1.54 bits per heavy atom. The maximum Gasteiger partial charge on any atom is 0.0457 e. The highest BCUT2D eigenvalue weighted by Gasteiger charge is 2.10. The normalized spacial score (nSPS) is 13.5. The molecule has 0 amide bonds. The Balaban J connectivity index is 2.57. The first-order valence-corrected chi connectivity index (χ1v) is 5.58. The molecule has 1 unspecified atom stereocenters. The summed E-state index contributed by atoms with van der Waals surface area (Å²) in [5, 5.41) is 7.83. The second kappa shape index (κ2) is 5.37. The van der Waals surface area contributed by atoms with E-state index in [1.54, 1.807) is 11.3 Å². The van der Waals surface area contributed by atoms with Crippen molar-refractivity contribution in [1.82, 2.24) is 10.2 Å². The molecule has 1 N–H and O–H groups in total. The quantitative estimate of drug-likeness (QED) is 0.778. The highest BCUT2D eigenvalue weighted by molar-refractivity contribution is 7.07. The van der Waals surface area contributed by atoms with Gasteiger partial charge in [-0.1, -0.05) is 6.92 Å². The Morgan fingerprint density at radius 3 is 2.77 bits per heavy atom. The van der Waals surface area contributed by atoms with Crippen LogP contribution in [-0.2, 0) is 0 Å². The van der Waals surface area contributed by atoms with Gasteiger partial charge in [-0.3, -0.25) is 0 Å². The third kappa shape index (κ3) is 3.46. The molecule has 13 heavy (non-hydrogen) atoms. The molecule has 0 aliphatic carbocycles. The molecule has 74 valence electrons. The van der Waals surface area contributed by atoms with Gasteiger partial charge in [-0.15, -0.1) is 0 Å². The van der Waals surface area contributed by atoms with Crippen molar-refractivity contribution in [2.45, 2.75) is 13.0 Å². The van der Waals surface area contributed by atoms with E-state index in [9.17, 15) is 0 Å². The zero-order chi connectivity index (χ0) is 9.68. The van der Waals surface area contributed by atoms with Crippen LogP contribution in [0.1, 0.15) is 18.5 Å². The molecule has 1 heterocycles. The second-order valence-electron chi connectivity index (χ2n) is 3.43. The molecule has 0 aliphatic heterocycles. The molecule has 0 spiro atoms. The van der Waals surface area contributed by atoms with Crippen molar-refractivity contribution in [2.24, 2.45) is 0 Å². The Hall–Kier alpha value is -0.380. The number of hydrogen-bond acceptors (Lipinski definition) is 3. The van der Waals surface area contributed by atoms with Crippen molar-refractivity contribution >= 4 is 11.3 Å². The monoisotopic (exact) mass is 198 g/mol. The number of nitrogens with one attached hydrogen (secondary N) is 1. The summed E-state index contributed by atoms with van der Waals surface area (Å²) in [5.41, 5.74) is 1.40. The lowest BCUT2D eigenvalue weighted by atomic mass is 10.1. The van der Waals surface area contributed by atoms with Crippen molar-refractivity contribution in [3.05, 3.63) is 22.4 Å². The molecule has 0 fully saturated rings. The summed E-state index contributed by atoms with van der Waals surface area (Å²) < 4.78 is 0. The Bertz CT molecular complexity index is 219. The number of thiophene rings is 1.